The van der Waals surface area contributed by atoms with E-state index in [0.717, 1.165) is 35.8 Å². The number of carboxylic acids is 1. The highest BCUT2D eigenvalue weighted by Gasteiger charge is 2.29. The molecule has 128 valence electrons. The Hall–Kier alpha value is -2.19. The predicted octanol–water partition coefficient (Wildman–Crippen LogP) is 2.15. The van der Waals surface area contributed by atoms with Crippen LogP contribution in [0.3, 0.4) is 0 Å². The Balaban J connectivity index is 1.44. The molecule has 0 bridgehead atoms. The summed E-state index contributed by atoms with van der Waals surface area (Å²) in [4.78, 5) is 25.4. The van der Waals surface area contributed by atoms with Crippen molar-refractivity contribution in [2.75, 3.05) is 25.0 Å². The van der Waals surface area contributed by atoms with Gasteiger partial charge < -0.3 is 10.4 Å². The van der Waals surface area contributed by atoms with Gasteiger partial charge in [-0.3, -0.25) is 14.4 Å². The quantitative estimate of drug-likeness (QED) is 0.835. The molecule has 1 aliphatic heterocycles. The number of carbonyl (C=O) groups is 2. The zero-order valence-electron chi connectivity index (χ0n) is 13.7. The first-order chi connectivity index (χ1) is 11.4. The van der Waals surface area contributed by atoms with Crippen LogP contribution in [-0.4, -0.2) is 51.3 Å². The smallest absolute Gasteiger partial charge is 0.348 e. The van der Waals surface area contributed by atoms with Gasteiger partial charge in [-0.05, 0) is 31.4 Å². The summed E-state index contributed by atoms with van der Waals surface area (Å²) in [5, 5.41) is 17.9. The summed E-state index contributed by atoms with van der Waals surface area (Å²) in [6.45, 7) is 6.47. The van der Waals surface area contributed by atoms with Gasteiger partial charge in [-0.25, -0.2) is 4.79 Å². The van der Waals surface area contributed by atoms with E-state index in [4.69, 9.17) is 5.11 Å². The van der Waals surface area contributed by atoms with Gasteiger partial charge in [0.05, 0.1) is 17.4 Å². The van der Waals surface area contributed by atoms with Gasteiger partial charge >= 0.3 is 5.97 Å². The number of carboxylic acid groups (broad SMARTS) is 1. The molecule has 0 radical (unpaired) electrons. The Bertz CT molecular complexity index is 761. The molecule has 7 nitrogen and oxygen atoms in total. The zero-order valence-corrected chi connectivity index (χ0v) is 14.5. The average Bonchev–Trinajstić information content (AvgIpc) is 3.04. The minimum atomic E-state index is -1.02. The van der Waals surface area contributed by atoms with Crippen LogP contribution in [0.5, 0.6) is 0 Å². The Morgan fingerprint density at radius 1 is 1.42 bits per heavy atom. The normalized spacial score (nSPS) is 15.2. The summed E-state index contributed by atoms with van der Waals surface area (Å²) in [7, 11) is 0. The molecule has 2 N–H and O–H groups in total. The van der Waals surface area contributed by atoms with Crippen LogP contribution < -0.4 is 5.32 Å². The lowest BCUT2D eigenvalue weighted by Crippen LogP contribution is -2.49. The molecule has 0 spiro atoms. The van der Waals surface area contributed by atoms with E-state index < -0.39 is 5.97 Å². The summed E-state index contributed by atoms with van der Waals surface area (Å²) in [6.07, 6.45) is 0.346. The zero-order chi connectivity index (χ0) is 17.3. The van der Waals surface area contributed by atoms with E-state index in [-0.39, 0.29) is 10.8 Å². The summed E-state index contributed by atoms with van der Waals surface area (Å²) < 4.78 is 2.05. The first-order valence-corrected chi connectivity index (χ1v) is 8.67. The highest BCUT2D eigenvalue weighted by molar-refractivity contribution is 7.12. The molecule has 0 saturated carbocycles. The van der Waals surface area contributed by atoms with Crippen molar-refractivity contribution in [2.45, 2.75) is 26.3 Å². The van der Waals surface area contributed by atoms with E-state index in [9.17, 15) is 9.59 Å². The van der Waals surface area contributed by atoms with E-state index in [0.29, 0.717) is 24.7 Å². The van der Waals surface area contributed by atoms with E-state index in [1.54, 1.807) is 11.4 Å². The predicted molar refractivity (Wildman–Crippen MR) is 91.7 cm³/mol. The molecule has 0 atom stereocenters. The van der Waals surface area contributed by atoms with Crippen LogP contribution in [-0.2, 0) is 4.79 Å². The molecule has 0 aliphatic carbocycles. The number of rotatable bonds is 6. The summed E-state index contributed by atoms with van der Waals surface area (Å²) >= 11 is 1.11. The number of likely N-dealkylation sites (tertiary alicyclic amines) is 1. The number of aryl methyl sites for hydroxylation is 2. The van der Waals surface area contributed by atoms with E-state index in [1.165, 1.54) is 0 Å². The first kappa shape index (κ1) is 16.7. The number of hydrogen-bond donors (Lipinski definition) is 2. The molecule has 1 fully saturated rings. The fourth-order valence-electron chi connectivity index (χ4n) is 2.94. The van der Waals surface area contributed by atoms with Crippen molar-refractivity contribution >= 4 is 28.9 Å². The molecule has 1 saturated heterocycles. The molecule has 0 aromatic carbocycles. The SMILES string of the molecule is Cc1cc(C)n(C2CN(CCC(=O)Nc3ccsc3C(=O)O)C2)n1. The van der Waals surface area contributed by atoms with Gasteiger partial charge in [-0.1, -0.05) is 0 Å². The summed E-state index contributed by atoms with van der Waals surface area (Å²) in [5.74, 6) is -1.18. The first-order valence-electron chi connectivity index (χ1n) is 7.80. The second kappa shape index (κ2) is 6.74. The second-order valence-electron chi connectivity index (χ2n) is 6.05. The molecule has 1 aliphatic rings. The topological polar surface area (TPSA) is 87.5 Å². The largest absolute Gasteiger partial charge is 0.477 e. The monoisotopic (exact) mass is 348 g/mol. The van der Waals surface area contributed by atoms with E-state index >= 15 is 0 Å². The molecule has 8 heteroatoms. The molecule has 24 heavy (non-hydrogen) atoms. The maximum absolute atomic E-state index is 12.0. The van der Waals surface area contributed by atoms with Gasteiger partial charge in [0.15, 0.2) is 0 Å². The van der Waals surface area contributed by atoms with Crippen molar-refractivity contribution < 1.29 is 14.7 Å². The van der Waals surface area contributed by atoms with Crippen molar-refractivity contribution in [3.63, 3.8) is 0 Å². The third kappa shape index (κ3) is 3.49. The van der Waals surface area contributed by atoms with Crippen LogP contribution >= 0.6 is 11.3 Å². The van der Waals surface area contributed by atoms with Gasteiger partial charge in [-0.15, -0.1) is 11.3 Å². The number of carbonyl (C=O) groups excluding carboxylic acids is 1. The number of nitrogens with one attached hydrogen (secondary N) is 1. The Morgan fingerprint density at radius 3 is 2.79 bits per heavy atom. The van der Waals surface area contributed by atoms with Gasteiger partial charge in [0.25, 0.3) is 0 Å². The van der Waals surface area contributed by atoms with Gasteiger partial charge in [0, 0.05) is 31.7 Å². The van der Waals surface area contributed by atoms with Gasteiger partial charge in [0.1, 0.15) is 4.88 Å². The molecular formula is C16H20N4O3S. The van der Waals surface area contributed by atoms with Crippen LogP contribution in [0.1, 0.15) is 33.5 Å². The van der Waals surface area contributed by atoms with Crippen molar-refractivity contribution in [1.29, 1.82) is 0 Å². The molecule has 3 heterocycles. The van der Waals surface area contributed by atoms with Crippen molar-refractivity contribution in [3.8, 4) is 0 Å². The third-order valence-corrected chi connectivity index (χ3v) is 5.02. The highest BCUT2D eigenvalue weighted by Crippen LogP contribution is 2.24. The van der Waals surface area contributed by atoms with Crippen LogP contribution in [0.15, 0.2) is 17.5 Å². The number of amides is 1. The minimum absolute atomic E-state index is 0.162. The number of aromatic nitrogens is 2. The number of nitrogens with zero attached hydrogens (tertiary/aromatic N) is 3. The summed E-state index contributed by atoms with van der Waals surface area (Å²) in [5.41, 5.74) is 2.56. The number of aromatic carboxylic acids is 1. The van der Waals surface area contributed by atoms with Gasteiger partial charge in [-0.2, -0.15) is 5.10 Å². The van der Waals surface area contributed by atoms with E-state index in [1.807, 2.05) is 6.92 Å². The van der Waals surface area contributed by atoms with Crippen molar-refractivity contribution in [2.24, 2.45) is 0 Å². The van der Waals surface area contributed by atoms with Crippen LogP contribution in [0, 0.1) is 13.8 Å². The fourth-order valence-corrected chi connectivity index (χ4v) is 3.63. The maximum Gasteiger partial charge on any atom is 0.348 e. The molecule has 3 rings (SSSR count). The Morgan fingerprint density at radius 2 is 2.17 bits per heavy atom. The Kier molecular flexibility index (Phi) is 4.68. The molecule has 2 aromatic rings. The maximum atomic E-state index is 12.0. The lowest BCUT2D eigenvalue weighted by Gasteiger charge is -2.39. The molecule has 0 unspecified atom stereocenters. The standard InChI is InChI=1S/C16H20N4O3S/c1-10-7-11(2)20(18-10)12-8-19(9-12)5-3-14(21)17-13-4-6-24-15(13)16(22)23/h4,6-7,12H,3,5,8-9H2,1-2H3,(H,17,21)(H,22,23). The molecule has 1 amide bonds. The number of thiophene rings is 1. The average molecular weight is 348 g/mol. The van der Waals surface area contributed by atoms with E-state index in [2.05, 4.69) is 33.0 Å². The Labute approximate surface area is 143 Å². The second-order valence-corrected chi connectivity index (χ2v) is 6.97. The van der Waals surface area contributed by atoms with Gasteiger partial charge in [0.2, 0.25) is 5.91 Å². The lowest BCUT2D eigenvalue weighted by atomic mass is 10.1. The van der Waals surface area contributed by atoms with Crippen molar-refractivity contribution in [3.05, 3.63) is 33.8 Å². The summed E-state index contributed by atoms with van der Waals surface area (Å²) in [6, 6.07) is 4.06. The molecular weight excluding hydrogens is 328 g/mol. The van der Waals surface area contributed by atoms with Crippen molar-refractivity contribution in [1.82, 2.24) is 14.7 Å². The number of hydrogen-bond acceptors (Lipinski definition) is 5. The highest BCUT2D eigenvalue weighted by atomic mass is 32.1. The minimum Gasteiger partial charge on any atom is -0.477 e. The fraction of sp³-hybridized carbons (Fsp3) is 0.438. The lowest BCUT2D eigenvalue weighted by molar-refractivity contribution is -0.116. The molecule has 2 aromatic heterocycles. The van der Waals surface area contributed by atoms with Crippen LogP contribution in [0.4, 0.5) is 5.69 Å². The number of anilines is 1. The third-order valence-electron chi connectivity index (χ3n) is 4.12. The van der Waals surface area contributed by atoms with Crippen LogP contribution in [0.2, 0.25) is 0 Å². The van der Waals surface area contributed by atoms with Crippen LogP contribution in [0.25, 0.3) is 0 Å².